The Kier molecular flexibility index (Phi) is 16.8. The van der Waals surface area contributed by atoms with Gasteiger partial charge in [0.1, 0.15) is 18.9 Å². The first-order valence-electron chi connectivity index (χ1n) is 12.7. The smallest absolute Gasteiger partial charge is 0.137 e. The Bertz CT molecular complexity index is 1130. The maximum absolute atomic E-state index is 8.00. The van der Waals surface area contributed by atoms with Crippen LogP contribution in [0.1, 0.15) is 59.1 Å². The summed E-state index contributed by atoms with van der Waals surface area (Å²) >= 11 is 0. The van der Waals surface area contributed by atoms with Crippen molar-refractivity contribution >= 4 is 29.2 Å². The lowest BCUT2D eigenvalue weighted by atomic mass is 9.99. The molecule has 36 heavy (non-hydrogen) atoms. The zero-order chi connectivity index (χ0) is 27.5. The van der Waals surface area contributed by atoms with Gasteiger partial charge in [-0.05, 0) is 67.7 Å². The monoisotopic (exact) mass is 488 g/mol. The highest BCUT2D eigenvalue weighted by atomic mass is 16.1. The van der Waals surface area contributed by atoms with Crippen molar-refractivity contribution in [2.45, 2.75) is 61.8 Å². The van der Waals surface area contributed by atoms with Crippen LogP contribution in [0.25, 0.3) is 22.0 Å². The van der Waals surface area contributed by atoms with E-state index in [1.165, 1.54) is 22.3 Å². The number of anilines is 1. The summed E-state index contributed by atoms with van der Waals surface area (Å²) in [6, 6.07) is 13.0. The third-order valence-corrected chi connectivity index (χ3v) is 5.13. The number of nitrogens with zero attached hydrogens (tertiary/aromatic N) is 3. The normalized spacial score (nSPS) is 11.0. The van der Waals surface area contributed by atoms with Crippen LogP contribution in [0.2, 0.25) is 0 Å². The third kappa shape index (κ3) is 9.95. The average Bonchev–Trinajstić information content (AvgIpc) is 2.93. The van der Waals surface area contributed by atoms with Crippen molar-refractivity contribution in [1.82, 2.24) is 9.97 Å². The molecule has 0 amide bonds. The molecule has 0 bridgehead atoms. The summed E-state index contributed by atoms with van der Waals surface area (Å²) in [5.41, 5.74) is 7.97. The van der Waals surface area contributed by atoms with E-state index in [0.29, 0.717) is 6.54 Å². The molecule has 3 rings (SSSR count). The van der Waals surface area contributed by atoms with Gasteiger partial charge in [-0.2, -0.15) is 0 Å². The van der Waals surface area contributed by atoms with Crippen LogP contribution in [0.4, 0.5) is 5.82 Å². The largest absolute Gasteiger partial charge is 0.365 e. The Balaban J connectivity index is 0.00000190. The molecule has 0 radical (unpaired) electrons. The molecule has 1 N–H and O–H groups in total. The van der Waals surface area contributed by atoms with Gasteiger partial charge in [0.15, 0.2) is 0 Å². The van der Waals surface area contributed by atoms with Gasteiger partial charge in [0.05, 0.1) is 5.52 Å². The van der Waals surface area contributed by atoms with E-state index >= 15 is 0 Å². The highest BCUT2D eigenvalue weighted by Crippen LogP contribution is 2.30. The molecule has 0 aliphatic rings. The van der Waals surface area contributed by atoms with Crippen LogP contribution >= 0.6 is 0 Å². The number of hydrogen-bond acceptors (Lipinski definition) is 5. The molecule has 1 aromatic heterocycles. The predicted molar refractivity (Wildman–Crippen MR) is 159 cm³/mol. The lowest BCUT2D eigenvalue weighted by Crippen LogP contribution is -2.07. The van der Waals surface area contributed by atoms with Gasteiger partial charge in [-0.1, -0.05) is 76.6 Å². The first-order chi connectivity index (χ1) is 17.5. The predicted octanol–water partition coefficient (Wildman–Crippen LogP) is 8.18. The van der Waals surface area contributed by atoms with Crippen LogP contribution in [0, 0.1) is 13.8 Å². The first kappa shape index (κ1) is 32.4. The third-order valence-electron chi connectivity index (χ3n) is 5.13. The Labute approximate surface area is 218 Å². The van der Waals surface area contributed by atoms with Crippen molar-refractivity contribution in [3.8, 4) is 11.1 Å². The lowest BCUT2D eigenvalue weighted by molar-refractivity contribution is -0.0979. The number of aromatic nitrogens is 2. The minimum atomic E-state index is 0.696. The average molecular weight is 489 g/mol. The van der Waals surface area contributed by atoms with Crippen LogP contribution in [-0.4, -0.2) is 36.1 Å². The van der Waals surface area contributed by atoms with Crippen molar-refractivity contribution in [3.63, 3.8) is 0 Å². The number of benzene rings is 2. The molecule has 3 aromatic rings. The molecule has 0 fully saturated rings. The fourth-order valence-electron chi connectivity index (χ4n) is 3.35. The summed E-state index contributed by atoms with van der Waals surface area (Å²) in [5.74, 6) is 0.855. The summed E-state index contributed by atoms with van der Waals surface area (Å²) < 4.78 is 0. The van der Waals surface area contributed by atoms with Crippen molar-refractivity contribution in [2.24, 2.45) is 4.99 Å². The summed E-state index contributed by atoms with van der Waals surface area (Å²) in [6.07, 6.45) is 8.99. The van der Waals surface area contributed by atoms with Gasteiger partial charge < -0.3 is 10.1 Å². The number of carbonyl (C=O) groups is 1. The van der Waals surface area contributed by atoms with Crippen molar-refractivity contribution in [1.29, 1.82) is 0 Å². The molecule has 0 spiro atoms. The number of aliphatic imine (C=N–C) groups is 1. The highest BCUT2D eigenvalue weighted by molar-refractivity contribution is 5.95. The molecule has 5 nitrogen and oxygen atoms in total. The molecular weight excluding hydrogens is 444 g/mol. The lowest BCUT2D eigenvalue weighted by Gasteiger charge is -2.12. The van der Waals surface area contributed by atoms with Gasteiger partial charge >= 0.3 is 0 Å². The second-order valence-corrected chi connectivity index (χ2v) is 7.52. The van der Waals surface area contributed by atoms with E-state index in [1.807, 2.05) is 54.5 Å². The van der Waals surface area contributed by atoms with Crippen molar-refractivity contribution < 1.29 is 4.79 Å². The molecule has 194 valence electrons. The van der Waals surface area contributed by atoms with Gasteiger partial charge in [-0.25, -0.2) is 9.97 Å². The topological polar surface area (TPSA) is 67.2 Å². The number of rotatable bonds is 7. The van der Waals surface area contributed by atoms with Gasteiger partial charge in [-0.15, -0.1) is 0 Å². The van der Waals surface area contributed by atoms with E-state index in [9.17, 15) is 0 Å². The summed E-state index contributed by atoms with van der Waals surface area (Å²) in [6.45, 7) is 19.1. The fraction of sp³-hybridized carbons (Fsp3) is 0.355. The van der Waals surface area contributed by atoms with E-state index in [1.54, 1.807) is 6.33 Å². The second-order valence-electron chi connectivity index (χ2n) is 7.52. The quantitative estimate of drug-likeness (QED) is 0.269. The van der Waals surface area contributed by atoms with Crippen LogP contribution in [0.5, 0.6) is 0 Å². The molecule has 0 aliphatic heterocycles. The summed E-state index contributed by atoms with van der Waals surface area (Å²) in [5, 5.41) is 4.56. The highest BCUT2D eigenvalue weighted by Gasteiger charge is 2.09. The molecule has 0 saturated heterocycles. The number of fused-ring (bicyclic) bond motifs is 1. The maximum Gasteiger partial charge on any atom is 0.137 e. The van der Waals surface area contributed by atoms with Crippen LogP contribution in [0.15, 0.2) is 71.5 Å². The van der Waals surface area contributed by atoms with Crippen LogP contribution < -0.4 is 5.32 Å². The van der Waals surface area contributed by atoms with E-state index in [0.717, 1.165) is 34.4 Å². The minimum Gasteiger partial charge on any atom is -0.365 e. The second kappa shape index (κ2) is 18.7. The summed E-state index contributed by atoms with van der Waals surface area (Å²) in [7, 11) is 1.81. The standard InChI is InChI=1S/C26H30N4.2C2H6.CH2O/c1-6-7-21(11-10-20(4)27-5)16-28-26-24-15-23(22-12-8-18(2)9-13-22)14-19(3)25(24)29-17-30-26;3*1-2/h7-15,17H,6,16H2,1-5H3,(H,28,29,30);2*1-2H3;1H2/b11-10-,21-7-,27-20?;;;. The molecule has 0 unspecified atom stereocenters. The van der Waals surface area contributed by atoms with Gasteiger partial charge in [-0.3, -0.25) is 4.99 Å². The number of hydrogen-bond donors (Lipinski definition) is 1. The van der Waals surface area contributed by atoms with Gasteiger partial charge in [0, 0.05) is 24.7 Å². The molecule has 0 saturated carbocycles. The van der Waals surface area contributed by atoms with Crippen molar-refractivity contribution in [2.75, 3.05) is 18.9 Å². The molecule has 2 aromatic carbocycles. The Morgan fingerprint density at radius 2 is 1.61 bits per heavy atom. The number of carbonyl (C=O) groups excluding carboxylic acids is 1. The van der Waals surface area contributed by atoms with Crippen LogP contribution in [-0.2, 0) is 4.79 Å². The van der Waals surface area contributed by atoms with E-state index in [4.69, 9.17) is 4.79 Å². The molecule has 0 aliphatic carbocycles. The Morgan fingerprint density at radius 3 is 2.19 bits per heavy atom. The molecule has 0 atom stereocenters. The SMILES string of the molecule is C=O.CC.CC.CC/C=C(/C=C\C(C)=NC)CNc1ncnc2c(C)cc(-c3ccc(C)cc3)cc12. The van der Waals surface area contributed by atoms with Gasteiger partial charge in [0.25, 0.3) is 0 Å². The van der Waals surface area contributed by atoms with E-state index < -0.39 is 0 Å². The maximum atomic E-state index is 8.00. The Morgan fingerprint density at radius 1 is 0.972 bits per heavy atom. The number of nitrogens with one attached hydrogen (secondary N) is 1. The molecule has 5 heteroatoms. The minimum absolute atomic E-state index is 0.696. The van der Waals surface area contributed by atoms with E-state index in [2.05, 4.69) is 89.6 Å². The van der Waals surface area contributed by atoms with E-state index in [-0.39, 0.29) is 0 Å². The van der Waals surface area contributed by atoms with Gasteiger partial charge in [0.2, 0.25) is 0 Å². The fourth-order valence-corrected chi connectivity index (χ4v) is 3.35. The Hall–Kier alpha value is -3.60. The molecular formula is C31H44N4O. The first-order valence-corrected chi connectivity index (χ1v) is 12.7. The number of aryl methyl sites for hydroxylation is 2. The van der Waals surface area contributed by atoms with Crippen molar-refractivity contribution in [3.05, 3.63) is 77.7 Å². The van der Waals surface area contributed by atoms with Crippen LogP contribution in [0.3, 0.4) is 0 Å². The zero-order valence-electron chi connectivity index (χ0n) is 23.6. The summed E-state index contributed by atoms with van der Waals surface area (Å²) in [4.78, 5) is 21.3. The zero-order valence-corrected chi connectivity index (χ0v) is 23.6. The number of allylic oxidation sites excluding steroid dienone is 2. The molecule has 1 heterocycles.